The summed E-state index contributed by atoms with van der Waals surface area (Å²) in [5.41, 5.74) is 5.27. The Bertz CT molecular complexity index is 991. The van der Waals surface area contributed by atoms with Gasteiger partial charge >= 0.3 is 0 Å². The van der Waals surface area contributed by atoms with Crippen molar-refractivity contribution in [2.75, 3.05) is 26.1 Å². The lowest BCUT2D eigenvalue weighted by Crippen LogP contribution is -2.08. The fourth-order valence-electron chi connectivity index (χ4n) is 3.71. The van der Waals surface area contributed by atoms with Gasteiger partial charge in [0.25, 0.3) is 0 Å². The summed E-state index contributed by atoms with van der Waals surface area (Å²) in [5.74, 6) is 2.56. The van der Waals surface area contributed by atoms with Gasteiger partial charge in [0.05, 0.1) is 25.6 Å². The van der Waals surface area contributed by atoms with Crippen LogP contribution < -0.4 is 14.8 Å². The molecule has 1 aliphatic heterocycles. The van der Waals surface area contributed by atoms with Gasteiger partial charge in [0.15, 0.2) is 0 Å². The van der Waals surface area contributed by atoms with Crippen LogP contribution in [0.5, 0.6) is 11.5 Å². The van der Waals surface area contributed by atoms with E-state index in [9.17, 15) is 0 Å². The van der Waals surface area contributed by atoms with E-state index in [1.807, 2.05) is 41.1 Å². The molecule has 0 saturated heterocycles. The van der Waals surface area contributed by atoms with E-state index in [-0.39, 0.29) is 0 Å². The predicted molar refractivity (Wildman–Crippen MR) is 113 cm³/mol. The van der Waals surface area contributed by atoms with E-state index in [1.165, 1.54) is 5.56 Å². The van der Waals surface area contributed by atoms with E-state index >= 15 is 0 Å². The van der Waals surface area contributed by atoms with Crippen LogP contribution in [-0.4, -0.2) is 30.5 Å². The molecule has 1 aromatic heterocycles. The monoisotopic (exact) mass is 397 g/mol. The number of hydrogen-bond acceptors (Lipinski definition) is 4. The van der Waals surface area contributed by atoms with Crippen LogP contribution in [-0.2, 0) is 6.42 Å². The second-order valence-electron chi connectivity index (χ2n) is 7.00. The molecule has 0 atom stereocenters. The van der Waals surface area contributed by atoms with Crippen molar-refractivity contribution in [3.63, 3.8) is 0 Å². The topological polar surface area (TPSA) is 48.3 Å². The highest BCUT2D eigenvalue weighted by Gasteiger charge is 2.23. The fraction of sp³-hybridized carbons (Fsp3) is 0.318. The van der Waals surface area contributed by atoms with Crippen LogP contribution in [0.15, 0.2) is 36.4 Å². The molecule has 6 heteroatoms. The summed E-state index contributed by atoms with van der Waals surface area (Å²) in [5, 5.41) is 9.33. The number of nitrogens with zero attached hydrogens (tertiary/aromatic N) is 2. The molecule has 0 saturated carbocycles. The van der Waals surface area contributed by atoms with Crippen molar-refractivity contribution in [1.29, 1.82) is 0 Å². The second-order valence-corrected chi connectivity index (χ2v) is 7.44. The first-order chi connectivity index (χ1) is 13.6. The molecule has 0 amide bonds. The molecule has 0 spiro atoms. The summed E-state index contributed by atoms with van der Waals surface area (Å²) >= 11 is 6.17. The Kier molecular flexibility index (Phi) is 5.18. The number of aromatic nitrogens is 2. The quantitative estimate of drug-likeness (QED) is 0.651. The molecule has 0 fully saturated rings. The van der Waals surface area contributed by atoms with Gasteiger partial charge in [-0.25, -0.2) is 4.68 Å². The number of fused-ring (bicyclic) bond motifs is 1. The van der Waals surface area contributed by atoms with Gasteiger partial charge < -0.3 is 14.8 Å². The zero-order valence-corrected chi connectivity index (χ0v) is 17.1. The van der Waals surface area contributed by atoms with E-state index in [1.54, 1.807) is 14.2 Å². The second kappa shape index (κ2) is 7.76. The first-order valence-corrected chi connectivity index (χ1v) is 9.84. The Morgan fingerprint density at radius 1 is 1.04 bits per heavy atom. The summed E-state index contributed by atoms with van der Waals surface area (Å²) in [4.78, 5) is 0. The Labute approximate surface area is 170 Å². The molecular weight excluding hydrogens is 374 g/mol. The Morgan fingerprint density at radius 3 is 2.46 bits per heavy atom. The molecular formula is C22H24ClN3O2. The molecule has 0 unspecified atom stereocenters. The number of halogens is 1. The molecule has 3 aromatic rings. The fourth-order valence-corrected chi connectivity index (χ4v) is 3.94. The van der Waals surface area contributed by atoms with E-state index in [0.29, 0.717) is 0 Å². The molecule has 0 bridgehead atoms. The van der Waals surface area contributed by atoms with E-state index < -0.39 is 0 Å². The zero-order valence-electron chi connectivity index (χ0n) is 16.4. The molecule has 146 valence electrons. The number of ether oxygens (including phenoxy) is 2. The van der Waals surface area contributed by atoms with E-state index in [2.05, 4.69) is 12.2 Å². The van der Waals surface area contributed by atoms with Crippen molar-refractivity contribution in [1.82, 2.24) is 9.78 Å². The van der Waals surface area contributed by atoms with Crippen molar-refractivity contribution < 1.29 is 9.47 Å². The molecule has 2 aromatic carbocycles. The standard InChI is InChI=1S/C22H24ClN3O2/c1-14-10-16(23)7-8-20(14)26-22-19(6-4-5-9-24-22)21(25-26)15-11-17(27-2)13-18(12-15)28-3/h7-8,10-13,24H,4-6,9H2,1-3H3. The summed E-state index contributed by atoms with van der Waals surface area (Å²) in [6.07, 6.45) is 3.23. The van der Waals surface area contributed by atoms with Crippen molar-refractivity contribution in [2.45, 2.75) is 26.2 Å². The van der Waals surface area contributed by atoms with Gasteiger partial charge in [0, 0.05) is 28.8 Å². The number of methoxy groups -OCH3 is 2. The van der Waals surface area contributed by atoms with Gasteiger partial charge in [-0.2, -0.15) is 5.10 Å². The highest BCUT2D eigenvalue weighted by Crippen LogP contribution is 2.37. The largest absolute Gasteiger partial charge is 0.497 e. The molecule has 0 aliphatic carbocycles. The summed E-state index contributed by atoms with van der Waals surface area (Å²) in [6, 6.07) is 11.8. The molecule has 1 N–H and O–H groups in total. The predicted octanol–water partition coefficient (Wildman–Crippen LogP) is 5.27. The lowest BCUT2D eigenvalue weighted by atomic mass is 10.0. The van der Waals surface area contributed by atoms with Gasteiger partial charge in [-0.15, -0.1) is 0 Å². The summed E-state index contributed by atoms with van der Waals surface area (Å²) in [7, 11) is 3.33. The van der Waals surface area contributed by atoms with Crippen molar-refractivity contribution in [2.24, 2.45) is 0 Å². The summed E-state index contributed by atoms with van der Waals surface area (Å²) in [6.45, 7) is 2.99. The Balaban J connectivity index is 1.93. The minimum atomic E-state index is 0.727. The third-order valence-corrected chi connectivity index (χ3v) is 5.38. The van der Waals surface area contributed by atoms with Crippen molar-refractivity contribution >= 4 is 17.4 Å². The first kappa shape index (κ1) is 18.7. The molecule has 2 heterocycles. The zero-order chi connectivity index (χ0) is 19.7. The van der Waals surface area contributed by atoms with Gasteiger partial charge in [-0.1, -0.05) is 11.6 Å². The highest BCUT2D eigenvalue weighted by molar-refractivity contribution is 6.30. The number of anilines is 1. The minimum Gasteiger partial charge on any atom is -0.497 e. The van der Waals surface area contributed by atoms with Crippen LogP contribution in [0.1, 0.15) is 24.0 Å². The average Bonchev–Trinajstić information content (AvgIpc) is 2.88. The highest BCUT2D eigenvalue weighted by atomic mass is 35.5. The third-order valence-electron chi connectivity index (χ3n) is 5.14. The van der Waals surface area contributed by atoms with Gasteiger partial charge in [-0.3, -0.25) is 0 Å². The van der Waals surface area contributed by atoms with Crippen LogP contribution in [0.3, 0.4) is 0 Å². The maximum atomic E-state index is 6.17. The smallest absolute Gasteiger partial charge is 0.133 e. The molecule has 4 rings (SSSR count). The molecule has 28 heavy (non-hydrogen) atoms. The lowest BCUT2D eigenvalue weighted by Gasteiger charge is -2.11. The minimum absolute atomic E-state index is 0.727. The summed E-state index contributed by atoms with van der Waals surface area (Å²) < 4.78 is 12.9. The van der Waals surface area contributed by atoms with Gasteiger partial charge in [0.1, 0.15) is 17.3 Å². The first-order valence-electron chi connectivity index (χ1n) is 9.46. The molecule has 5 nitrogen and oxygen atoms in total. The Morgan fingerprint density at radius 2 is 1.79 bits per heavy atom. The number of hydrogen-bond donors (Lipinski definition) is 1. The van der Waals surface area contributed by atoms with Crippen molar-refractivity contribution in [3.8, 4) is 28.4 Å². The Hall–Kier alpha value is -2.66. The molecule has 0 radical (unpaired) electrons. The van der Waals surface area contributed by atoms with Crippen LogP contribution in [0, 0.1) is 6.92 Å². The molecule has 1 aliphatic rings. The van der Waals surface area contributed by atoms with Crippen LogP contribution in [0.2, 0.25) is 5.02 Å². The number of benzene rings is 2. The SMILES string of the molecule is COc1cc(OC)cc(-c2nn(-c3ccc(Cl)cc3C)c3c2CCCCN3)c1. The van der Waals surface area contributed by atoms with Crippen LogP contribution in [0.25, 0.3) is 16.9 Å². The maximum Gasteiger partial charge on any atom is 0.133 e. The van der Waals surface area contributed by atoms with E-state index in [0.717, 1.165) is 70.7 Å². The van der Waals surface area contributed by atoms with E-state index in [4.69, 9.17) is 26.2 Å². The maximum absolute atomic E-state index is 6.17. The average molecular weight is 398 g/mol. The van der Waals surface area contributed by atoms with Crippen LogP contribution >= 0.6 is 11.6 Å². The number of rotatable bonds is 4. The lowest BCUT2D eigenvalue weighted by molar-refractivity contribution is 0.394. The number of nitrogens with one attached hydrogen (secondary N) is 1. The normalized spacial score (nSPS) is 13.4. The third kappa shape index (κ3) is 3.42. The van der Waals surface area contributed by atoms with Gasteiger partial charge in [0.2, 0.25) is 0 Å². The van der Waals surface area contributed by atoms with Crippen molar-refractivity contribution in [3.05, 3.63) is 52.5 Å². The van der Waals surface area contributed by atoms with Gasteiger partial charge in [-0.05, 0) is 62.1 Å². The van der Waals surface area contributed by atoms with Crippen LogP contribution in [0.4, 0.5) is 5.82 Å². The number of aryl methyl sites for hydroxylation is 1.